The zero-order valence-corrected chi connectivity index (χ0v) is 8.61. The van der Waals surface area contributed by atoms with Crippen LogP contribution in [0.25, 0.3) is 0 Å². The van der Waals surface area contributed by atoms with E-state index in [1.807, 2.05) is 6.92 Å². The van der Waals surface area contributed by atoms with Gasteiger partial charge in [0.25, 0.3) is 0 Å². The third kappa shape index (κ3) is 2.51. The second kappa shape index (κ2) is 4.39. The Morgan fingerprint density at radius 2 is 1.44 bits per heavy atom. The van der Waals surface area contributed by atoms with Crippen molar-refractivity contribution in [1.82, 2.24) is 0 Å². The van der Waals surface area contributed by atoms with Gasteiger partial charge >= 0.3 is 12.1 Å². The molecule has 0 saturated carbocycles. The van der Waals surface area contributed by atoms with Gasteiger partial charge < -0.3 is 0 Å². The van der Waals surface area contributed by atoms with Gasteiger partial charge in [0.15, 0.2) is 0 Å². The van der Waals surface area contributed by atoms with Crippen LogP contribution in [-0.2, 0) is 12.3 Å². The van der Waals surface area contributed by atoms with Gasteiger partial charge in [0, 0.05) is 5.56 Å². The average Bonchev–Trinajstić information content (AvgIpc) is 2.17. The van der Waals surface area contributed by atoms with E-state index in [9.17, 15) is 22.0 Å². The zero-order valence-electron chi connectivity index (χ0n) is 8.61. The highest BCUT2D eigenvalue weighted by molar-refractivity contribution is 5.27. The van der Waals surface area contributed by atoms with E-state index in [2.05, 4.69) is 0 Å². The third-order valence-electron chi connectivity index (χ3n) is 2.21. The Hall–Kier alpha value is -1.13. The summed E-state index contributed by atoms with van der Waals surface area (Å²) in [7, 11) is 0. The van der Waals surface area contributed by atoms with Gasteiger partial charge in [-0.1, -0.05) is 37.6 Å². The molecule has 1 aromatic carbocycles. The van der Waals surface area contributed by atoms with Gasteiger partial charge in [0.05, 0.1) is 0 Å². The molecular weight excluding hydrogens is 227 g/mol. The molecule has 0 aliphatic carbocycles. The Balaban J connectivity index is 2.97. The van der Waals surface area contributed by atoms with Crippen LogP contribution in [0.4, 0.5) is 22.0 Å². The molecule has 0 aromatic heterocycles. The summed E-state index contributed by atoms with van der Waals surface area (Å²) < 4.78 is 61.8. The minimum atomic E-state index is -5.54. The molecule has 0 amide bonds. The highest BCUT2D eigenvalue weighted by Gasteiger charge is 2.58. The molecule has 0 bridgehead atoms. The molecule has 0 atom stereocenters. The van der Waals surface area contributed by atoms with E-state index in [4.69, 9.17) is 0 Å². The van der Waals surface area contributed by atoms with Crippen molar-refractivity contribution in [2.75, 3.05) is 0 Å². The molecule has 0 aliphatic rings. The summed E-state index contributed by atoms with van der Waals surface area (Å²) in [6.45, 7) is 1.90. The number of halogens is 5. The van der Waals surface area contributed by atoms with Crippen molar-refractivity contribution in [3.8, 4) is 0 Å². The van der Waals surface area contributed by atoms with Crippen LogP contribution in [0.1, 0.15) is 24.5 Å². The molecule has 0 nitrogen and oxygen atoms in total. The molecule has 0 saturated heterocycles. The molecule has 0 N–H and O–H groups in total. The van der Waals surface area contributed by atoms with E-state index in [0.29, 0.717) is 6.42 Å². The zero-order chi connectivity index (χ0) is 12.4. The molecule has 90 valence electrons. The van der Waals surface area contributed by atoms with Crippen molar-refractivity contribution < 1.29 is 22.0 Å². The highest BCUT2D eigenvalue weighted by Crippen LogP contribution is 2.43. The quantitative estimate of drug-likeness (QED) is 0.689. The molecule has 1 aromatic rings. The molecule has 0 spiro atoms. The second-order valence-electron chi connectivity index (χ2n) is 3.52. The molecule has 1 rings (SSSR count). The molecule has 0 aliphatic heterocycles. The monoisotopic (exact) mass is 238 g/mol. The second-order valence-corrected chi connectivity index (χ2v) is 3.52. The summed E-state index contributed by atoms with van der Waals surface area (Å²) in [5.74, 6) is -4.78. The third-order valence-corrected chi connectivity index (χ3v) is 2.21. The van der Waals surface area contributed by atoms with Gasteiger partial charge in [-0.05, 0) is 12.0 Å². The molecular formula is C11H11F5. The van der Waals surface area contributed by atoms with E-state index in [-0.39, 0.29) is 0 Å². The number of benzene rings is 1. The maximum atomic E-state index is 12.9. The first-order valence-electron chi connectivity index (χ1n) is 4.83. The van der Waals surface area contributed by atoms with Crippen LogP contribution >= 0.6 is 0 Å². The summed E-state index contributed by atoms with van der Waals surface area (Å²) in [6.07, 6.45) is -4.06. The number of aryl methyl sites for hydroxylation is 1. The number of alkyl halides is 5. The fraction of sp³-hybridized carbons (Fsp3) is 0.455. The van der Waals surface area contributed by atoms with Gasteiger partial charge in [-0.15, -0.1) is 0 Å². The molecule has 5 heteroatoms. The SMILES string of the molecule is CCCc1ccc(C(F)(F)C(F)(F)F)cc1. The lowest BCUT2D eigenvalue weighted by molar-refractivity contribution is -0.289. The van der Waals surface area contributed by atoms with Gasteiger partial charge in [0.2, 0.25) is 0 Å². The van der Waals surface area contributed by atoms with Gasteiger partial charge in [0.1, 0.15) is 0 Å². The maximum Gasteiger partial charge on any atom is 0.458 e. The Bertz CT molecular complexity index is 336. The van der Waals surface area contributed by atoms with Crippen LogP contribution in [0.2, 0.25) is 0 Å². The number of hydrogen-bond donors (Lipinski definition) is 0. The first kappa shape index (κ1) is 12.9. The molecule has 0 fully saturated rings. The lowest BCUT2D eigenvalue weighted by Crippen LogP contribution is -2.33. The Kier molecular flexibility index (Phi) is 3.55. The highest BCUT2D eigenvalue weighted by atomic mass is 19.4. The van der Waals surface area contributed by atoms with Crippen LogP contribution in [0.5, 0.6) is 0 Å². The summed E-state index contributed by atoms with van der Waals surface area (Å²) in [4.78, 5) is 0. The summed E-state index contributed by atoms with van der Waals surface area (Å²) >= 11 is 0. The lowest BCUT2D eigenvalue weighted by atomic mass is 10.0. The molecule has 0 radical (unpaired) electrons. The maximum absolute atomic E-state index is 12.9. The predicted octanol–water partition coefficient (Wildman–Crippen LogP) is 4.29. The Morgan fingerprint density at radius 3 is 1.81 bits per heavy atom. The van der Waals surface area contributed by atoms with Crippen molar-refractivity contribution in [2.24, 2.45) is 0 Å². The van der Waals surface area contributed by atoms with E-state index >= 15 is 0 Å². The first-order valence-corrected chi connectivity index (χ1v) is 4.83. The minimum Gasteiger partial charge on any atom is -0.191 e. The van der Waals surface area contributed by atoms with Crippen LogP contribution in [0.3, 0.4) is 0 Å². The largest absolute Gasteiger partial charge is 0.458 e. The fourth-order valence-corrected chi connectivity index (χ4v) is 1.33. The Morgan fingerprint density at radius 1 is 0.938 bits per heavy atom. The summed E-state index contributed by atoms with van der Waals surface area (Å²) in [6, 6.07) is 4.27. The van der Waals surface area contributed by atoms with Crippen molar-refractivity contribution >= 4 is 0 Å². The average molecular weight is 238 g/mol. The van der Waals surface area contributed by atoms with Crippen molar-refractivity contribution in [3.63, 3.8) is 0 Å². The van der Waals surface area contributed by atoms with Crippen LogP contribution in [0, 0.1) is 0 Å². The van der Waals surface area contributed by atoms with Crippen LogP contribution < -0.4 is 0 Å². The van der Waals surface area contributed by atoms with E-state index < -0.39 is 17.7 Å². The summed E-state index contributed by atoms with van der Waals surface area (Å²) in [5, 5.41) is 0. The normalized spacial score (nSPS) is 12.9. The fourth-order valence-electron chi connectivity index (χ4n) is 1.33. The lowest BCUT2D eigenvalue weighted by Gasteiger charge is -2.19. The first-order chi connectivity index (χ1) is 7.29. The molecule has 0 unspecified atom stereocenters. The molecule has 16 heavy (non-hydrogen) atoms. The smallest absolute Gasteiger partial charge is 0.191 e. The van der Waals surface area contributed by atoms with Crippen LogP contribution in [0.15, 0.2) is 24.3 Å². The van der Waals surface area contributed by atoms with E-state index in [1.54, 1.807) is 0 Å². The van der Waals surface area contributed by atoms with Gasteiger partial charge in [-0.2, -0.15) is 22.0 Å². The van der Waals surface area contributed by atoms with Gasteiger partial charge in [-0.25, -0.2) is 0 Å². The Labute approximate surface area is 90.1 Å². The topological polar surface area (TPSA) is 0 Å². The van der Waals surface area contributed by atoms with E-state index in [1.165, 1.54) is 12.1 Å². The minimum absolute atomic E-state index is 0.665. The van der Waals surface area contributed by atoms with Crippen molar-refractivity contribution in [2.45, 2.75) is 31.9 Å². The van der Waals surface area contributed by atoms with Crippen LogP contribution in [-0.4, -0.2) is 6.18 Å². The summed E-state index contributed by atoms with van der Waals surface area (Å²) in [5.41, 5.74) is -0.260. The number of rotatable bonds is 3. The standard InChI is InChI=1S/C11H11F5/c1-2-3-8-4-6-9(7-5-8)10(12,13)11(14,15)16/h4-7H,2-3H2,1H3. The van der Waals surface area contributed by atoms with E-state index in [0.717, 1.165) is 24.1 Å². The number of hydrogen-bond acceptors (Lipinski definition) is 0. The predicted molar refractivity (Wildman–Crippen MR) is 50.4 cm³/mol. The van der Waals surface area contributed by atoms with Gasteiger partial charge in [-0.3, -0.25) is 0 Å². The molecule has 0 heterocycles. The van der Waals surface area contributed by atoms with Crippen molar-refractivity contribution in [1.29, 1.82) is 0 Å². The van der Waals surface area contributed by atoms with Crippen molar-refractivity contribution in [3.05, 3.63) is 35.4 Å².